The van der Waals surface area contributed by atoms with Gasteiger partial charge in [-0.3, -0.25) is 0 Å². The second-order valence-corrected chi connectivity index (χ2v) is 4.44. The zero-order valence-corrected chi connectivity index (χ0v) is 12.5. The fourth-order valence-corrected chi connectivity index (χ4v) is 1.87. The summed E-state index contributed by atoms with van der Waals surface area (Å²) >= 11 is 3.47. The highest BCUT2D eigenvalue weighted by molar-refractivity contribution is 9.10. The fourth-order valence-electron chi connectivity index (χ4n) is 1.43. The van der Waals surface area contributed by atoms with Crippen LogP contribution >= 0.6 is 15.9 Å². The van der Waals surface area contributed by atoms with Crippen molar-refractivity contribution in [2.45, 2.75) is 0 Å². The van der Waals surface area contributed by atoms with Crippen molar-refractivity contribution in [3.05, 3.63) is 10.7 Å². The number of methoxy groups -OCH3 is 2. The Morgan fingerprint density at radius 1 is 1.28 bits per heavy atom. The van der Waals surface area contributed by atoms with Crippen molar-refractivity contribution in [2.75, 3.05) is 57.8 Å². The summed E-state index contributed by atoms with van der Waals surface area (Å²) in [6.07, 6.45) is 1.74. The molecule has 0 spiro atoms. The van der Waals surface area contributed by atoms with E-state index >= 15 is 0 Å². The van der Waals surface area contributed by atoms with Crippen LogP contribution in [0.15, 0.2) is 10.7 Å². The zero-order valence-electron chi connectivity index (χ0n) is 10.9. The first-order valence-corrected chi connectivity index (χ1v) is 6.45. The molecule has 7 heteroatoms. The smallest absolute Gasteiger partial charge is 0.224 e. The Labute approximate surface area is 116 Å². The molecule has 0 radical (unpaired) electrons. The van der Waals surface area contributed by atoms with Gasteiger partial charge in [-0.25, -0.2) is 4.98 Å². The molecule has 0 unspecified atom stereocenters. The van der Waals surface area contributed by atoms with Gasteiger partial charge in [0.05, 0.1) is 17.7 Å². The number of nitrogens with one attached hydrogen (secondary N) is 1. The standard InChI is InChI=1S/C11H19BrN4O2/c1-13-11-14-8-9(12)10(15-11)16(4-6-17-2)5-7-18-3/h8H,4-7H2,1-3H3,(H,13,14,15). The van der Waals surface area contributed by atoms with Crippen molar-refractivity contribution in [2.24, 2.45) is 0 Å². The van der Waals surface area contributed by atoms with Crippen molar-refractivity contribution < 1.29 is 9.47 Å². The molecule has 18 heavy (non-hydrogen) atoms. The van der Waals surface area contributed by atoms with E-state index in [9.17, 15) is 0 Å². The first kappa shape index (κ1) is 15.1. The Kier molecular flexibility index (Phi) is 6.92. The molecular weight excluding hydrogens is 300 g/mol. The monoisotopic (exact) mass is 318 g/mol. The van der Waals surface area contributed by atoms with Crippen LogP contribution in [0.2, 0.25) is 0 Å². The Bertz CT molecular complexity index is 357. The van der Waals surface area contributed by atoms with E-state index in [-0.39, 0.29) is 0 Å². The molecule has 0 aliphatic rings. The van der Waals surface area contributed by atoms with Crippen LogP contribution in [0.1, 0.15) is 0 Å². The lowest BCUT2D eigenvalue weighted by atomic mass is 10.4. The van der Waals surface area contributed by atoms with Crippen LogP contribution in [0, 0.1) is 0 Å². The number of anilines is 2. The third kappa shape index (κ3) is 4.40. The quantitative estimate of drug-likeness (QED) is 0.781. The molecule has 1 aromatic rings. The van der Waals surface area contributed by atoms with E-state index in [0.29, 0.717) is 19.2 Å². The predicted octanol–water partition coefficient (Wildman–Crippen LogP) is 1.38. The van der Waals surface area contributed by atoms with Crippen LogP contribution in [0.5, 0.6) is 0 Å². The summed E-state index contributed by atoms with van der Waals surface area (Å²) < 4.78 is 11.1. The van der Waals surface area contributed by atoms with Gasteiger partial charge in [0.15, 0.2) is 0 Å². The lowest BCUT2D eigenvalue weighted by Gasteiger charge is -2.24. The molecule has 0 fully saturated rings. The lowest BCUT2D eigenvalue weighted by Crippen LogP contribution is -2.31. The first-order chi connectivity index (χ1) is 8.72. The van der Waals surface area contributed by atoms with Crippen LogP contribution in [0.3, 0.4) is 0 Å². The molecule has 0 bridgehead atoms. The van der Waals surface area contributed by atoms with Crippen molar-refractivity contribution in [1.82, 2.24) is 9.97 Å². The van der Waals surface area contributed by atoms with E-state index < -0.39 is 0 Å². The minimum absolute atomic E-state index is 0.591. The van der Waals surface area contributed by atoms with Crippen LogP contribution in [0.25, 0.3) is 0 Å². The summed E-state index contributed by atoms with van der Waals surface area (Å²) in [5.74, 6) is 1.43. The van der Waals surface area contributed by atoms with E-state index in [1.54, 1.807) is 27.5 Å². The van der Waals surface area contributed by atoms with Gasteiger partial charge in [-0.15, -0.1) is 0 Å². The maximum atomic E-state index is 5.11. The number of hydrogen-bond donors (Lipinski definition) is 1. The summed E-state index contributed by atoms with van der Waals surface area (Å²) in [6, 6.07) is 0. The normalized spacial score (nSPS) is 10.4. The first-order valence-electron chi connectivity index (χ1n) is 5.66. The van der Waals surface area contributed by atoms with E-state index in [4.69, 9.17) is 9.47 Å². The molecule has 0 saturated heterocycles. The number of hydrogen-bond acceptors (Lipinski definition) is 6. The molecule has 0 atom stereocenters. The van der Waals surface area contributed by atoms with Crippen LogP contribution in [-0.2, 0) is 9.47 Å². The van der Waals surface area contributed by atoms with Gasteiger partial charge in [0.2, 0.25) is 5.95 Å². The third-order valence-corrected chi connectivity index (χ3v) is 2.94. The Hall–Kier alpha value is -0.920. The van der Waals surface area contributed by atoms with Gasteiger partial charge in [-0.05, 0) is 15.9 Å². The maximum Gasteiger partial charge on any atom is 0.224 e. The number of aromatic nitrogens is 2. The molecule has 0 amide bonds. The lowest BCUT2D eigenvalue weighted by molar-refractivity contribution is 0.190. The van der Waals surface area contributed by atoms with Gasteiger partial charge >= 0.3 is 0 Å². The fraction of sp³-hybridized carbons (Fsp3) is 0.636. The average Bonchev–Trinajstić information content (AvgIpc) is 2.40. The summed E-state index contributed by atoms with van der Waals surface area (Å²) in [7, 11) is 5.16. The molecule has 0 aliphatic heterocycles. The van der Waals surface area contributed by atoms with Gasteiger partial charge in [0.25, 0.3) is 0 Å². The number of rotatable bonds is 8. The number of halogens is 1. The summed E-state index contributed by atoms with van der Waals surface area (Å²) in [5, 5.41) is 2.93. The molecule has 0 aromatic carbocycles. The SMILES string of the molecule is CNc1ncc(Br)c(N(CCOC)CCOC)n1. The molecule has 1 aromatic heterocycles. The molecule has 0 aliphatic carbocycles. The highest BCUT2D eigenvalue weighted by atomic mass is 79.9. The average molecular weight is 319 g/mol. The van der Waals surface area contributed by atoms with Crippen LogP contribution in [0.4, 0.5) is 11.8 Å². The zero-order chi connectivity index (χ0) is 13.4. The molecule has 1 heterocycles. The Balaban J connectivity index is 2.87. The topological polar surface area (TPSA) is 59.5 Å². The molecule has 1 N–H and O–H groups in total. The minimum Gasteiger partial charge on any atom is -0.383 e. The molecule has 1 rings (SSSR count). The van der Waals surface area contributed by atoms with Crippen molar-refractivity contribution in [3.8, 4) is 0 Å². The molecule has 0 saturated carbocycles. The highest BCUT2D eigenvalue weighted by Crippen LogP contribution is 2.23. The highest BCUT2D eigenvalue weighted by Gasteiger charge is 2.13. The van der Waals surface area contributed by atoms with Crippen molar-refractivity contribution in [1.29, 1.82) is 0 Å². The summed E-state index contributed by atoms with van der Waals surface area (Å²) in [5.41, 5.74) is 0. The predicted molar refractivity (Wildman–Crippen MR) is 75.2 cm³/mol. The van der Waals surface area contributed by atoms with E-state index in [1.807, 2.05) is 0 Å². The third-order valence-electron chi connectivity index (χ3n) is 2.38. The van der Waals surface area contributed by atoms with Crippen molar-refractivity contribution >= 4 is 27.7 Å². The van der Waals surface area contributed by atoms with Gasteiger partial charge < -0.3 is 19.7 Å². The van der Waals surface area contributed by atoms with Crippen molar-refractivity contribution in [3.63, 3.8) is 0 Å². The summed E-state index contributed by atoms with van der Waals surface area (Å²) in [6.45, 7) is 2.77. The summed E-state index contributed by atoms with van der Waals surface area (Å²) in [4.78, 5) is 10.7. The Morgan fingerprint density at radius 3 is 2.39 bits per heavy atom. The van der Waals surface area contributed by atoms with Gasteiger partial charge in [-0.2, -0.15) is 4.98 Å². The molecule has 102 valence electrons. The largest absolute Gasteiger partial charge is 0.383 e. The second kappa shape index (κ2) is 8.23. The van der Waals surface area contributed by atoms with Crippen LogP contribution in [-0.4, -0.2) is 57.5 Å². The van der Waals surface area contributed by atoms with E-state index in [1.165, 1.54) is 0 Å². The number of ether oxygens (including phenoxy) is 2. The Morgan fingerprint density at radius 2 is 1.89 bits per heavy atom. The van der Waals surface area contributed by atoms with Gasteiger partial charge in [0, 0.05) is 40.6 Å². The second-order valence-electron chi connectivity index (χ2n) is 3.59. The van der Waals surface area contributed by atoms with Gasteiger partial charge in [0.1, 0.15) is 5.82 Å². The van der Waals surface area contributed by atoms with Gasteiger partial charge in [-0.1, -0.05) is 0 Å². The minimum atomic E-state index is 0.591. The molecule has 6 nitrogen and oxygen atoms in total. The number of nitrogens with zero attached hydrogens (tertiary/aromatic N) is 3. The van der Waals surface area contributed by atoms with Crippen LogP contribution < -0.4 is 10.2 Å². The molecular formula is C11H19BrN4O2. The van der Waals surface area contributed by atoms with E-state index in [2.05, 4.69) is 36.1 Å². The van der Waals surface area contributed by atoms with E-state index in [0.717, 1.165) is 23.4 Å². The maximum absolute atomic E-state index is 5.11.